The summed E-state index contributed by atoms with van der Waals surface area (Å²) in [6, 6.07) is 6.92. The first-order chi connectivity index (χ1) is 8.83. The number of hydrogen-bond acceptors (Lipinski definition) is 3. The number of halogens is 1. The Bertz CT molecular complexity index is 515. The van der Waals surface area contributed by atoms with Gasteiger partial charge in [0.2, 0.25) is 0 Å². The Balaban J connectivity index is 1.82. The standard InChI is InChI=1S/C14H15FN2S/c15-11-6-4-10(5-7-11)14-17-13(9-18-14)12-3-1-2-8-16-12/h4-7,9,12,16H,1-3,8H2/t12-/m1/s1. The van der Waals surface area contributed by atoms with Gasteiger partial charge in [0.15, 0.2) is 0 Å². The molecule has 0 spiro atoms. The number of rotatable bonds is 2. The molecule has 1 atom stereocenters. The lowest BCUT2D eigenvalue weighted by Gasteiger charge is -2.21. The van der Waals surface area contributed by atoms with Gasteiger partial charge in [-0.25, -0.2) is 9.37 Å². The van der Waals surface area contributed by atoms with Crippen LogP contribution in [-0.2, 0) is 0 Å². The van der Waals surface area contributed by atoms with Gasteiger partial charge in [0, 0.05) is 10.9 Å². The van der Waals surface area contributed by atoms with Crippen molar-refractivity contribution in [2.75, 3.05) is 6.54 Å². The fraction of sp³-hybridized carbons (Fsp3) is 0.357. The summed E-state index contributed by atoms with van der Waals surface area (Å²) >= 11 is 1.63. The highest BCUT2D eigenvalue weighted by atomic mass is 32.1. The number of hydrogen-bond donors (Lipinski definition) is 1. The Kier molecular flexibility index (Phi) is 3.39. The van der Waals surface area contributed by atoms with Gasteiger partial charge in [-0.3, -0.25) is 0 Å². The predicted molar refractivity (Wildman–Crippen MR) is 72.1 cm³/mol. The third kappa shape index (κ3) is 2.44. The Morgan fingerprint density at radius 2 is 2.06 bits per heavy atom. The van der Waals surface area contributed by atoms with Crippen molar-refractivity contribution in [1.29, 1.82) is 0 Å². The quantitative estimate of drug-likeness (QED) is 0.891. The first-order valence-electron chi connectivity index (χ1n) is 6.28. The number of piperidine rings is 1. The van der Waals surface area contributed by atoms with Crippen LogP contribution in [0, 0.1) is 5.82 Å². The van der Waals surface area contributed by atoms with Crippen molar-refractivity contribution < 1.29 is 4.39 Å². The van der Waals surface area contributed by atoms with E-state index in [4.69, 9.17) is 0 Å². The molecule has 1 aliphatic rings. The maximum absolute atomic E-state index is 12.9. The van der Waals surface area contributed by atoms with Crippen molar-refractivity contribution in [1.82, 2.24) is 10.3 Å². The molecule has 2 heterocycles. The van der Waals surface area contributed by atoms with Crippen LogP contribution in [0.3, 0.4) is 0 Å². The molecule has 1 aromatic heterocycles. The van der Waals surface area contributed by atoms with E-state index in [1.165, 1.54) is 25.0 Å². The van der Waals surface area contributed by atoms with Crippen LogP contribution in [0.1, 0.15) is 31.0 Å². The molecule has 0 aliphatic carbocycles. The van der Waals surface area contributed by atoms with Gasteiger partial charge >= 0.3 is 0 Å². The van der Waals surface area contributed by atoms with Gasteiger partial charge in [0.05, 0.1) is 11.7 Å². The summed E-state index contributed by atoms with van der Waals surface area (Å²) in [6.45, 7) is 1.08. The molecular formula is C14H15FN2S. The van der Waals surface area contributed by atoms with E-state index < -0.39 is 0 Å². The Hall–Kier alpha value is -1.26. The van der Waals surface area contributed by atoms with Crippen LogP contribution in [0.5, 0.6) is 0 Å². The topological polar surface area (TPSA) is 24.9 Å². The van der Waals surface area contributed by atoms with Crippen LogP contribution in [0.25, 0.3) is 10.6 Å². The molecule has 1 aliphatic heterocycles. The highest BCUT2D eigenvalue weighted by molar-refractivity contribution is 7.13. The van der Waals surface area contributed by atoms with E-state index in [9.17, 15) is 4.39 Å². The fourth-order valence-corrected chi connectivity index (χ4v) is 3.16. The maximum Gasteiger partial charge on any atom is 0.123 e. The van der Waals surface area contributed by atoms with Gasteiger partial charge < -0.3 is 5.32 Å². The summed E-state index contributed by atoms with van der Waals surface area (Å²) in [7, 11) is 0. The van der Waals surface area contributed by atoms with Crippen LogP contribution >= 0.6 is 11.3 Å². The lowest BCUT2D eigenvalue weighted by atomic mass is 10.0. The summed E-state index contributed by atoms with van der Waals surface area (Å²) in [6.07, 6.45) is 3.68. The number of benzene rings is 1. The van der Waals surface area contributed by atoms with Gasteiger partial charge in [-0.2, -0.15) is 0 Å². The molecule has 3 rings (SSSR count). The Labute approximate surface area is 110 Å². The van der Waals surface area contributed by atoms with Gasteiger partial charge in [-0.05, 0) is 43.7 Å². The lowest BCUT2D eigenvalue weighted by molar-refractivity contribution is 0.407. The van der Waals surface area contributed by atoms with Crippen LogP contribution in [-0.4, -0.2) is 11.5 Å². The minimum atomic E-state index is -0.204. The normalized spacial score (nSPS) is 19.9. The minimum absolute atomic E-state index is 0.204. The zero-order chi connectivity index (χ0) is 12.4. The highest BCUT2D eigenvalue weighted by Crippen LogP contribution is 2.29. The smallest absolute Gasteiger partial charge is 0.123 e. The van der Waals surface area contributed by atoms with Crippen molar-refractivity contribution in [3.8, 4) is 10.6 Å². The van der Waals surface area contributed by atoms with Crippen LogP contribution in [0.4, 0.5) is 4.39 Å². The largest absolute Gasteiger partial charge is 0.309 e. The molecule has 0 saturated carbocycles. The molecule has 2 nitrogen and oxygen atoms in total. The first-order valence-corrected chi connectivity index (χ1v) is 7.15. The zero-order valence-corrected chi connectivity index (χ0v) is 10.8. The summed E-state index contributed by atoms with van der Waals surface area (Å²) in [5.41, 5.74) is 2.11. The Morgan fingerprint density at radius 3 is 2.78 bits per heavy atom. The molecule has 1 fully saturated rings. The van der Waals surface area contributed by atoms with E-state index in [0.717, 1.165) is 29.2 Å². The average molecular weight is 262 g/mol. The number of thiazole rings is 1. The number of aromatic nitrogens is 1. The van der Waals surface area contributed by atoms with E-state index >= 15 is 0 Å². The lowest BCUT2D eigenvalue weighted by Crippen LogP contribution is -2.26. The average Bonchev–Trinajstić information content (AvgIpc) is 2.90. The van der Waals surface area contributed by atoms with Crippen molar-refractivity contribution in [3.63, 3.8) is 0 Å². The first kappa shape index (κ1) is 11.8. The molecule has 0 unspecified atom stereocenters. The summed E-state index contributed by atoms with van der Waals surface area (Å²) < 4.78 is 12.9. The molecule has 94 valence electrons. The molecule has 0 amide bonds. The summed E-state index contributed by atoms with van der Waals surface area (Å²) in [4.78, 5) is 4.67. The third-order valence-corrected chi connectivity index (χ3v) is 4.19. The van der Waals surface area contributed by atoms with Gasteiger partial charge in [-0.15, -0.1) is 11.3 Å². The summed E-state index contributed by atoms with van der Waals surface area (Å²) in [5, 5.41) is 6.58. The van der Waals surface area contributed by atoms with Gasteiger partial charge in [0.1, 0.15) is 10.8 Å². The van der Waals surface area contributed by atoms with E-state index in [1.807, 2.05) is 0 Å². The van der Waals surface area contributed by atoms with Crippen molar-refractivity contribution in [2.45, 2.75) is 25.3 Å². The fourth-order valence-electron chi connectivity index (χ4n) is 2.28. The Morgan fingerprint density at radius 1 is 1.22 bits per heavy atom. The SMILES string of the molecule is Fc1ccc(-c2nc([C@H]3CCCCN3)cs2)cc1. The second-order valence-electron chi connectivity index (χ2n) is 4.59. The molecule has 18 heavy (non-hydrogen) atoms. The van der Waals surface area contributed by atoms with E-state index in [1.54, 1.807) is 23.5 Å². The van der Waals surface area contributed by atoms with Crippen LogP contribution in [0.15, 0.2) is 29.6 Å². The van der Waals surface area contributed by atoms with Crippen molar-refractivity contribution >= 4 is 11.3 Å². The number of nitrogens with one attached hydrogen (secondary N) is 1. The van der Waals surface area contributed by atoms with Gasteiger partial charge in [-0.1, -0.05) is 6.42 Å². The molecule has 4 heteroatoms. The molecule has 1 N–H and O–H groups in total. The predicted octanol–water partition coefficient (Wildman–Crippen LogP) is 3.76. The second-order valence-corrected chi connectivity index (χ2v) is 5.45. The molecular weight excluding hydrogens is 247 g/mol. The second kappa shape index (κ2) is 5.16. The van der Waals surface area contributed by atoms with E-state index in [2.05, 4.69) is 15.7 Å². The molecule has 2 aromatic rings. The minimum Gasteiger partial charge on any atom is -0.309 e. The highest BCUT2D eigenvalue weighted by Gasteiger charge is 2.17. The van der Waals surface area contributed by atoms with Gasteiger partial charge in [0.25, 0.3) is 0 Å². The monoisotopic (exact) mass is 262 g/mol. The van der Waals surface area contributed by atoms with E-state index in [-0.39, 0.29) is 5.82 Å². The third-order valence-electron chi connectivity index (χ3n) is 3.28. The molecule has 0 radical (unpaired) electrons. The molecule has 0 bridgehead atoms. The van der Waals surface area contributed by atoms with Crippen LogP contribution in [0.2, 0.25) is 0 Å². The number of nitrogens with zero attached hydrogens (tertiary/aromatic N) is 1. The molecule has 1 saturated heterocycles. The summed E-state index contributed by atoms with van der Waals surface area (Å²) in [5.74, 6) is -0.204. The van der Waals surface area contributed by atoms with Crippen LogP contribution < -0.4 is 5.32 Å². The van der Waals surface area contributed by atoms with E-state index in [0.29, 0.717) is 6.04 Å². The van der Waals surface area contributed by atoms with Crippen molar-refractivity contribution in [2.24, 2.45) is 0 Å². The zero-order valence-electron chi connectivity index (χ0n) is 10.0. The molecule has 1 aromatic carbocycles. The maximum atomic E-state index is 12.9. The van der Waals surface area contributed by atoms with Crippen molar-refractivity contribution in [3.05, 3.63) is 41.2 Å².